The van der Waals surface area contributed by atoms with Crippen molar-refractivity contribution in [2.45, 2.75) is 39.2 Å². The summed E-state index contributed by atoms with van der Waals surface area (Å²) in [6.45, 7) is 5.45. The zero-order chi connectivity index (χ0) is 19.6. The monoisotopic (exact) mass is 374 g/mol. The molecule has 7 nitrogen and oxygen atoms in total. The number of H-pyrrole nitrogens is 1. The van der Waals surface area contributed by atoms with Gasteiger partial charge in [0.15, 0.2) is 0 Å². The largest absolute Gasteiger partial charge is 0.450 e. The smallest absolute Gasteiger partial charge is 0.407 e. The third-order valence-electron chi connectivity index (χ3n) is 4.22. The molecule has 0 saturated heterocycles. The van der Waals surface area contributed by atoms with Crippen LogP contribution >= 0.6 is 0 Å². The first-order chi connectivity index (χ1) is 13.0. The van der Waals surface area contributed by atoms with Crippen molar-refractivity contribution in [3.63, 3.8) is 0 Å². The Morgan fingerprint density at radius 1 is 1.22 bits per heavy atom. The number of alkyl carbamates (subject to hydrolysis) is 1. The molecule has 1 atom stereocenters. The number of nitrogens with two attached hydrogens (primary N) is 1. The molecule has 0 aliphatic carbocycles. The first kappa shape index (κ1) is 20.8. The van der Waals surface area contributed by atoms with E-state index in [9.17, 15) is 9.59 Å². The first-order valence-electron chi connectivity index (χ1n) is 9.47. The number of unbranched alkanes of at least 4 members (excludes halogenated alkanes) is 1. The molecule has 0 aliphatic heterocycles. The molecule has 148 valence electrons. The minimum atomic E-state index is -0.704. The van der Waals surface area contributed by atoms with Gasteiger partial charge in [-0.1, -0.05) is 32.0 Å². The third kappa shape index (κ3) is 6.60. The van der Waals surface area contributed by atoms with Gasteiger partial charge in [-0.25, -0.2) is 4.79 Å². The predicted molar refractivity (Wildman–Crippen MR) is 106 cm³/mol. The molecule has 2 amide bonds. The number of benzene rings is 1. The van der Waals surface area contributed by atoms with E-state index in [-0.39, 0.29) is 12.5 Å². The number of amides is 2. The summed E-state index contributed by atoms with van der Waals surface area (Å²) in [4.78, 5) is 27.9. The molecule has 2 aromatic rings. The topological polar surface area (TPSA) is 109 Å². The molecule has 0 radical (unpaired) electrons. The summed E-state index contributed by atoms with van der Waals surface area (Å²) in [7, 11) is 0. The fraction of sp³-hybridized carbons (Fsp3) is 0.500. The standard InChI is InChI=1S/C20H30N4O3/c1-14(2)12-23-19(25)18(24-20(26)27-10-6-5-9-21)11-15-13-22-17-8-4-3-7-16(15)17/h3-4,7-8,13-14,18,22H,5-6,9-12,21H2,1-2H3,(H,23,25)(H,24,26)/t18-/m0/s1. The van der Waals surface area contributed by atoms with E-state index in [0.717, 1.165) is 22.9 Å². The van der Waals surface area contributed by atoms with Gasteiger partial charge in [0.05, 0.1) is 6.61 Å². The molecule has 1 aromatic heterocycles. The second kappa shape index (κ2) is 10.6. The van der Waals surface area contributed by atoms with Crippen molar-refractivity contribution < 1.29 is 14.3 Å². The van der Waals surface area contributed by atoms with Gasteiger partial charge >= 0.3 is 6.09 Å². The predicted octanol–water partition coefficient (Wildman–Crippen LogP) is 2.32. The molecule has 0 saturated carbocycles. The van der Waals surface area contributed by atoms with E-state index in [1.54, 1.807) is 0 Å². The van der Waals surface area contributed by atoms with Gasteiger partial charge in [0.25, 0.3) is 0 Å². The number of carbonyl (C=O) groups is 2. The van der Waals surface area contributed by atoms with E-state index in [1.165, 1.54) is 0 Å². The highest BCUT2D eigenvalue weighted by Gasteiger charge is 2.23. The summed E-state index contributed by atoms with van der Waals surface area (Å²) in [5.74, 6) is 0.110. The highest BCUT2D eigenvalue weighted by atomic mass is 16.5. The number of hydrogen-bond donors (Lipinski definition) is 4. The van der Waals surface area contributed by atoms with Crippen molar-refractivity contribution in [3.05, 3.63) is 36.0 Å². The van der Waals surface area contributed by atoms with Crippen molar-refractivity contribution in [3.8, 4) is 0 Å². The zero-order valence-electron chi connectivity index (χ0n) is 16.1. The summed E-state index contributed by atoms with van der Waals surface area (Å²) in [6, 6.07) is 7.17. The molecule has 0 aliphatic rings. The lowest BCUT2D eigenvalue weighted by Crippen LogP contribution is -2.48. The highest BCUT2D eigenvalue weighted by Crippen LogP contribution is 2.19. The molecule has 5 N–H and O–H groups in total. The Labute approximate surface area is 160 Å². The van der Waals surface area contributed by atoms with Crippen LogP contribution in [0, 0.1) is 5.92 Å². The van der Waals surface area contributed by atoms with E-state index in [2.05, 4.69) is 15.6 Å². The summed E-state index contributed by atoms with van der Waals surface area (Å²) in [6.07, 6.45) is 3.17. The molecule has 0 fully saturated rings. The molecule has 0 bridgehead atoms. The minimum absolute atomic E-state index is 0.215. The van der Waals surface area contributed by atoms with Crippen LogP contribution in [0.25, 0.3) is 10.9 Å². The summed E-state index contributed by atoms with van der Waals surface area (Å²) >= 11 is 0. The fourth-order valence-corrected chi connectivity index (χ4v) is 2.75. The number of aromatic nitrogens is 1. The summed E-state index contributed by atoms with van der Waals surface area (Å²) < 4.78 is 5.16. The van der Waals surface area contributed by atoms with Gasteiger partial charge in [-0.3, -0.25) is 4.79 Å². The second-order valence-corrected chi connectivity index (χ2v) is 7.03. The number of rotatable bonds is 10. The number of aromatic amines is 1. The van der Waals surface area contributed by atoms with Gasteiger partial charge in [0.2, 0.25) is 5.91 Å². The highest BCUT2D eigenvalue weighted by molar-refractivity contribution is 5.88. The van der Waals surface area contributed by atoms with Crippen LogP contribution in [-0.2, 0) is 16.0 Å². The van der Waals surface area contributed by atoms with Crippen molar-refractivity contribution >= 4 is 22.9 Å². The number of hydrogen-bond acceptors (Lipinski definition) is 4. The Morgan fingerprint density at radius 3 is 2.74 bits per heavy atom. The molecule has 2 rings (SSSR count). The van der Waals surface area contributed by atoms with Gasteiger partial charge in [-0.15, -0.1) is 0 Å². The summed E-state index contributed by atoms with van der Waals surface area (Å²) in [5, 5.41) is 6.63. The second-order valence-electron chi connectivity index (χ2n) is 7.03. The molecule has 1 aromatic carbocycles. The SMILES string of the molecule is CC(C)CNC(=O)[C@H](Cc1c[nH]c2ccccc12)NC(=O)OCCCCN. The van der Waals surface area contributed by atoms with Crippen molar-refractivity contribution in [2.75, 3.05) is 19.7 Å². The average molecular weight is 374 g/mol. The Kier molecular flexibility index (Phi) is 8.13. The molecule has 0 unspecified atom stereocenters. The molecule has 27 heavy (non-hydrogen) atoms. The maximum Gasteiger partial charge on any atom is 0.407 e. The van der Waals surface area contributed by atoms with Crippen molar-refractivity contribution in [1.29, 1.82) is 0 Å². The molecular formula is C20H30N4O3. The van der Waals surface area contributed by atoms with Crippen LogP contribution in [0.5, 0.6) is 0 Å². The van der Waals surface area contributed by atoms with Crippen molar-refractivity contribution in [1.82, 2.24) is 15.6 Å². The van der Waals surface area contributed by atoms with Crippen LogP contribution < -0.4 is 16.4 Å². The lowest BCUT2D eigenvalue weighted by atomic mass is 10.0. The van der Waals surface area contributed by atoms with Gasteiger partial charge in [0, 0.05) is 30.1 Å². The Balaban J connectivity index is 2.04. The molecule has 1 heterocycles. The quantitative estimate of drug-likeness (QED) is 0.478. The van der Waals surface area contributed by atoms with E-state index < -0.39 is 12.1 Å². The normalized spacial score (nSPS) is 12.1. The van der Waals surface area contributed by atoms with Crippen LogP contribution in [0.15, 0.2) is 30.5 Å². The third-order valence-corrected chi connectivity index (χ3v) is 4.22. The lowest BCUT2D eigenvalue weighted by Gasteiger charge is -2.19. The lowest BCUT2D eigenvalue weighted by molar-refractivity contribution is -0.123. The van der Waals surface area contributed by atoms with Gasteiger partial charge in [0.1, 0.15) is 6.04 Å². The number of ether oxygens (including phenoxy) is 1. The Bertz CT molecular complexity index is 742. The fourth-order valence-electron chi connectivity index (χ4n) is 2.75. The number of carbonyl (C=O) groups excluding carboxylic acids is 2. The molecule has 7 heteroatoms. The average Bonchev–Trinajstić information content (AvgIpc) is 3.06. The van der Waals surface area contributed by atoms with Crippen LogP contribution in [0.1, 0.15) is 32.3 Å². The maximum atomic E-state index is 12.6. The van der Waals surface area contributed by atoms with Crippen LogP contribution in [0.3, 0.4) is 0 Å². The van der Waals surface area contributed by atoms with E-state index in [1.807, 2.05) is 44.3 Å². The summed E-state index contributed by atoms with van der Waals surface area (Å²) in [5.41, 5.74) is 7.40. The number of nitrogens with one attached hydrogen (secondary N) is 3. The van der Waals surface area contributed by atoms with E-state index in [4.69, 9.17) is 10.5 Å². The minimum Gasteiger partial charge on any atom is -0.450 e. The Hall–Kier alpha value is -2.54. The molecule has 0 spiro atoms. The van der Waals surface area contributed by atoms with E-state index >= 15 is 0 Å². The van der Waals surface area contributed by atoms with Gasteiger partial charge in [-0.2, -0.15) is 0 Å². The van der Waals surface area contributed by atoms with Crippen molar-refractivity contribution in [2.24, 2.45) is 11.7 Å². The first-order valence-corrected chi connectivity index (χ1v) is 9.47. The van der Waals surface area contributed by atoms with Crippen LogP contribution in [-0.4, -0.2) is 42.7 Å². The van der Waals surface area contributed by atoms with Crippen LogP contribution in [0.2, 0.25) is 0 Å². The van der Waals surface area contributed by atoms with Gasteiger partial charge < -0.3 is 26.1 Å². The zero-order valence-corrected chi connectivity index (χ0v) is 16.1. The van der Waals surface area contributed by atoms with Crippen LogP contribution in [0.4, 0.5) is 4.79 Å². The number of para-hydroxylation sites is 1. The number of fused-ring (bicyclic) bond motifs is 1. The van der Waals surface area contributed by atoms with E-state index in [0.29, 0.717) is 31.8 Å². The maximum absolute atomic E-state index is 12.6. The molecular weight excluding hydrogens is 344 g/mol. The Morgan fingerprint density at radius 2 is 2.00 bits per heavy atom. The van der Waals surface area contributed by atoms with Gasteiger partial charge in [-0.05, 0) is 36.9 Å².